The third kappa shape index (κ3) is 3.21. The van der Waals surface area contributed by atoms with E-state index in [1.54, 1.807) is 0 Å². The Morgan fingerprint density at radius 3 is 2.62 bits per heavy atom. The molecular weight excluding hydrogens is 260 g/mol. The van der Waals surface area contributed by atoms with Gasteiger partial charge < -0.3 is 9.47 Å². The standard InChI is InChI=1S/C19H21O2/c1-2-3-5-12-16(15-10-6-4-7-11-15)19-20-17-13-8-9-14-18(17)21-19/h4,6-8,10-11,13-14,16,19H,2-3,5,12H2,1H3. The first kappa shape index (κ1) is 14.0. The Hall–Kier alpha value is -1.96. The predicted molar refractivity (Wildman–Crippen MR) is 83.6 cm³/mol. The molecule has 3 rings (SSSR count). The summed E-state index contributed by atoms with van der Waals surface area (Å²) in [4.78, 5) is 0. The highest BCUT2D eigenvalue weighted by molar-refractivity contribution is 5.42. The van der Waals surface area contributed by atoms with Crippen LogP contribution in [0.1, 0.15) is 44.1 Å². The molecule has 2 unspecified atom stereocenters. The van der Waals surface area contributed by atoms with Crippen LogP contribution in [0.4, 0.5) is 0 Å². The Morgan fingerprint density at radius 2 is 1.86 bits per heavy atom. The van der Waals surface area contributed by atoms with Crippen molar-refractivity contribution in [1.82, 2.24) is 0 Å². The number of fused-ring (bicyclic) bond motifs is 1. The molecule has 2 atom stereocenters. The first-order chi connectivity index (χ1) is 10.4. The molecule has 2 aromatic rings. The molecule has 0 aromatic heterocycles. The van der Waals surface area contributed by atoms with E-state index in [1.807, 2.05) is 24.3 Å². The molecule has 1 aliphatic heterocycles. The van der Waals surface area contributed by atoms with Crippen molar-refractivity contribution in [1.29, 1.82) is 0 Å². The van der Waals surface area contributed by atoms with Gasteiger partial charge >= 0.3 is 0 Å². The van der Waals surface area contributed by atoms with Crippen LogP contribution in [0, 0.1) is 6.07 Å². The van der Waals surface area contributed by atoms with Gasteiger partial charge in [-0.3, -0.25) is 0 Å². The lowest BCUT2D eigenvalue weighted by Crippen LogP contribution is -2.27. The largest absolute Gasteiger partial charge is 0.450 e. The third-order valence-electron chi connectivity index (χ3n) is 3.95. The molecule has 1 radical (unpaired) electrons. The summed E-state index contributed by atoms with van der Waals surface area (Å²) in [5, 5.41) is 0. The van der Waals surface area contributed by atoms with Crippen molar-refractivity contribution in [3.05, 3.63) is 60.2 Å². The van der Waals surface area contributed by atoms with Crippen molar-refractivity contribution in [2.45, 2.75) is 44.8 Å². The van der Waals surface area contributed by atoms with Crippen LogP contribution in [0.2, 0.25) is 0 Å². The summed E-state index contributed by atoms with van der Waals surface area (Å²) in [5.74, 6) is 1.90. The predicted octanol–water partition coefficient (Wildman–Crippen LogP) is 4.95. The maximum Gasteiger partial charge on any atom is 0.248 e. The van der Waals surface area contributed by atoms with Crippen LogP contribution in [0.25, 0.3) is 0 Å². The number of hydrogen-bond donors (Lipinski definition) is 0. The summed E-state index contributed by atoms with van der Waals surface area (Å²) in [6.45, 7) is 2.23. The van der Waals surface area contributed by atoms with Crippen LogP contribution in [0.15, 0.2) is 48.5 Å². The molecule has 0 fully saturated rings. The molecule has 0 saturated heterocycles. The van der Waals surface area contributed by atoms with Gasteiger partial charge in [0.15, 0.2) is 11.5 Å². The molecular formula is C19H21O2. The zero-order valence-corrected chi connectivity index (χ0v) is 12.4. The smallest absolute Gasteiger partial charge is 0.248 e. The van der Waals surface area contributed by atoms with Gasteiger partial charge in [0.2, 0.25) is 6.29 Å². The highest BCUT2D eigenvalue weighted by Gasteiger charge is 2.32. The van der Waals surface area contributed by atoms with E-state index < -0.39 is 0 Å². The van der Waals surface area contributed by atoms with Crippen molar-refractivity contribution < 1.29 is 9.47 Å². The van der Waals surface area contributed by atoms with E-state index in [2.05, 4.69) is 37.3 Å². The molecule has 0 spiro atoms. The molecule has 2 heteroatoms. The van der Waals surface area contributed by atoms with Gasteiger partial charge in [-0.25, -0.2) is 0 Å². The summed E-state index contributed by atoms with van der Waals surface area (Å²) in [5.41, 5.74) is 1.29. The maximum absolute atomic E-state index is 6.01. The number of hydrogen-bond acceptors (Lipinski definition) is 2. The summed E-state index contributed by atoms with van der Waals surface area (Å²) < 4.78 is 12.0. The molecule has 21 heavy (non-hydrogen) atoms. The van der Waals surface area contributed by atoms with E-state index in [1.165, 1.54) is 24.8 Å². The van der Waals surface area contributed by atoms with Crippen molar-refractivity contribution in [3.8, 4) is 11.5 Å². The average Bonchev–Trinajstić information content (AvgIpc) is 2.96. The Labute approximate surface area is 126 Å². The van der Waals surface area contributed by atoms with Crippen LogP contribution in [0.3, 0.4) is 0 Å². The fourth-order valence-electron chi connectivity index (χ4n) is 2.80. The van der Waals surface area contributed by atoms with E-state index in [9.17, 15) is 0 Å². The monoisotopic (exact) mass is 281 g/mol. The molecule has 2 nitrogen and oxygen atoms in total. The second-order valence-electron chi connectivity index (χ2n) is 5.49. The fourth-order valence-corrected chi connectivity index (χ4v) is 2.80. The number of rotatable bonds is 6. The highest BCUT2D eigenvalue weighted by Crippen LogP contribution is 2.40. The van der Waals surface area contributed by atoms with Crippen molar-refractivity contribution in [2.24, 2.45) is 0 Å². The molecule has 0 aliphatic carbocycles. The van der Waals surface area contributed by atoms with E-state index in [0.29, 0.717) is 0 Å². The van der Waals surface area contributed by atoms with Crippen LogP contribution in [0.5, 0.6) is 11.5 Å². The van der Waals surface area contributed by atoms with Gasteiger partial charge in [0, 0.05) is 0 Å². The van der Waals surface area contributed by atoms with E-state index >= 15 is 0 Å². The Kier molecular flexibility index (Phi) is 4.44. The van der Waals surface area contributed by atoms with Gasteiger partial charge in [0.25, 0.3) is 0 Å². The Morgan fingerprint density at radius 1 is 1.05 bits per heavy atom. The summed E-state index contributed by atoms with van der Waals surface area (Å²) in [6, 6.07) is 19.2. The lowest BCUT2D eigenvalue weighted by atomic mass is 9.92. The second-order valence-corrected chi connectivity index (χ2v) is 5.49. The zero-order chi connectivity index (χ0) is 14.5. The summed E-state index contributed by atoms with van der Waals surface area (Å²) in [6.07, 6.45) is 4.53. The van der Waals surface area contributed by atoms with Gasteiger partial charge in [-0.1, -0.05) is 62.6 Å². The minimum Gasteiger partial charge on any atom is -0.450 e. The van der Waals surface area contributed by atoms with Crippen molar-refractivity contribution in [3.63, 3.8) is 0 Å². The fraction of sp³-hybridized carbons (Fsp3) is 0.368. The molecule has 0 saturated carbocycles. The zero-order valence-electron chi connectivity index (χ0n) is 12.4. The number of unbranched alkanes of at least 4 members (excludes halogenated alkanes) is 2. The minimum atomic E-state index is -0.227. The van der Waals surface area contributed by atoms with Crippen molar-refractivity contribution >= 4 is 0 Å². The second kappa shape index (κ2) is 6.66. The third-order valence-corrected chi connectivity index (χ3v) is 3.95. The maximum atomic E-state index is 6.01. The van der Waals surface area contributed by atoms with Gasteiger partial charge in [-0.15, -0.1) is 0 Å². The molecule has 1 heterocycles. The van der Waals surface area contributed by atoms with Gasteiger partial charge in [-0.05, 0) is 30.2 Å². The first-order valence-corrected chi connectivity index (χ1v) is 7.77. The molecule has 109 valence electrons. The normalized spacial score (nSPS) is 15.1. The topological polar surface area (TPSA) is 18.5 Å². The van der Waals surface area contributed by atoms with Gasteiger partial charge in [0.05, 0.1) is 5.92 Å². The highest BCUT2D eigenvalue weighted by atomic mass is 16.7. The number of benzene rings is 2. The van der Waals surface area contributed by atoms with Crippen LogP contribution in [-0.4, -0.2) is 6.29 Å². The number of ether oxygens (including phenoxy) is 2. The molecule has 0 amide bonds. The first-order valence-electron chi connectivity index (χ1n) is 7.77. The summed E-state index contributed by atoms with van der Waals surface area (Å²) >= 11 is 0. The van der Waals surface area contributed by atoms with E-state index in [-0.39, 0.29) is 12.2 Å². The minimum absolute atomic E-state index is 0.227. The van der Waals surface area contributed by atoms with Crippen LogP contribution >= 0.6 is 0 Å². The Bertz CT molecular complexity index is 540. The summed E-state index contributed by atoms with van der Waals surface area (Å²) in [7, 11) is 0. The molecule has 0 N–H and O–H groups in total. The lowest BCUT2D eigenvalue weighted by Gasteiger charge is -2.23. The molecule has 1 aliphatic rings. The van der Waals surface area contributed by atoms with Crippen LogP contribution in [-0.2, 0) is 0 Å². The van der Waals surface area contributed by atoms with Crippen LogP contribution < -0.4 is 9.47 Å². The molecule has 0 bridgehead atoms. The van der Waals surface area contributed by atoms with E-state index in [4.69, 9.17) is 9.47 Å². The lowest BCUT2D eigenvalue weighted by molar-refractivity contribution is 0.0205. The SMILES string of the molecule is CCCCCC(c1ccccc1)C1Oc2c[c]ccc2O1. The average molecular weight is 281 g/mol. The molecule has 2 aromatic carbocycles. The van der Waals surface area contributed by atoms with E-state index in [0.717, 1.165) is 17.9 Å². The van der Waals surface area contributed by atoms with Gasteiger partial charge in [0.1, 0.15) is 0 Å². The Balaban J connectivity index is 1.77. The van der Waals surface area contributed by atoms with Gasteiger partial charge in [-0.2, -0.15) is 0 Å². The van der Waals surface area contributed by atoms with Crippen molar-refractivity contribution in [2.75, 3.05) is 0 Å². The quantitative estimate of drug-likeness (QED) is 0.698.